The van der Waals surface area contributed by atoms with Gasteiger partial charge < -0.3 is 19.9 Å². The fourth-order valence-electron chi connectivity index (χ4n) is 3.04. The van der Waals surface area contributed by atoms with Gasteiger partial charge in [0, 0.05) is 16.8 Å². The zero-order valence-corrected chi connectivity index (χ0v) is 13.0. The molecular weight excluding hydrogens is 310 g/mol. The van der Waals surface area contributed by atoms with Crippen molar-refractivity contribution < 1.29 is 24.2 Å². The summed E-state index contributed by atoms with van der Waals surface area (Å²) in [6, 6.07) is 10.1. The Labute approximate surface area is 138 Å². The Bertz CT molecular complexity index is 876. The number of aryl methyl sites for hydroxylation is 1. The first-order chi connectivity index (χ1) is 11.5. The summed E-state index contributed by atoms with van der Waals surface area (Å²) in [7, 11) is 0. The largest absolute Gasteiger partial charge is 0.454 e. The first kappa shape index (κ1) is 14.7. The number of Topliss-reactive ketones (excluding diaryl/α,β-unsaturated/α-hetero) is 1. The summed E-state index contributed by atoms with van der Waals surface area (Å²) < 4.78 is 10.5. The number of fused-ring (bicyclic) bond motifs is 2. The first-order valence-electron chi connectivity index (χ1n) is 7.55. The Morgan fingerprint density at radius 2 is 2.00 bits per heavy atom. The van der Waals surface area contributed by atoms with Gasteiger partial charge in [-0.2, -0.15) is 0 Å². The molecule has 6 heteroatoms. The van der Waals surface area contributed by atoms with E-state index in [1.165, 1.54) is 0 Å². The van der Waals surface area contributed by atoms with Crippen LogP contribution < -0.4 is 14.8 Å². The molecule has 0 radical (unpaired) electrons. The topological polar surface area (TPSA) is 84.9 Å². The minimum absolute atomic E-state index is 0.117. The maximum atomic E-state index is 12.6. The lowest BCUT2D eigenvalue weighted by atomic mass is 9.87. The Kier molecular flexibility index (Phi) is 3.11. The van der Waals surface area contributed by atoms with E-state index in [9.17, 15) is 14.7 Å². The molecule has 0 unspecified atom stereocenters. The summed E-state index contributed by atoms with van der Waals surface area (Å²) in [5.74, 6) is 0.127. The molecular formula is C18H15NO5. The molecule has 6 nitrogen and oxygen atoms in total. The van der Waals surface area contributed by atoms with E-state index in [0.29, 0.717) is 28.3 Å². The number of benzene rings is 2. The van der Waals surface area contributed by atoms with Gasteiger partial charge in [0.05, 0.1) is 6.42 Å². The van der Waals surface area contributed by atoms with Gasteiger partial charge in [-0.05, 0) is 31.2 Å². The maximum Gasteiger partial charge on any atom is 0.261 e. The van der Waals surface area contributed by atoms with Crippen LogP contribution in [-0.2, 0) is 10.4 Å². The zero-order valence-electron chi connectivity index (χ0n) is 13.0. The highest BCUT2D eigenvalue weighted by atomic mass is 16.7. The standard InChI is InChI=1S/C18H15NO5/c1-10-2-4-13-12(6-10)18(22,17(21)19-13)8-14(20)11-3-5-15-16(7-11)24-9-23-15/h2-7,22H,8-9H2,1H3,(H,19,21)/t18-/m0/s1. The molecule has 0 aromatic heterocycles. The van der Waals surface area contributed by atoms with Crippen LogP contribution in [0.25, 0.3) is 0 Å². The molecule has 0 aliphatic carbocycles. The van der Waals surface area contributed by atoms with Crippen LogP contribution in [0.4, 0.5) is 5.69 Å². The van der Waals surface area contributed by atoms with E-state index in [2.05, 4.69) is 5.32 Å². The van der Waals surface area contributed by atoms with E-state index in [1.54, 1.807) is 30.3 Å². The third-order valence-corrected chi connectivity index (χ3v) is 4.36. The van der Waals surface area contributed by atoms with Crippen LogP contribution in [0.3, 0.4) is 0 Å². The van der Waals surface area contributed by atoms with E-state index in [-0.39, 0.29) is 19.0 Å². The van der Waals surface area contributed by atoms with Crippen molar-refractivity contribution in [2.24, 2.45) is 0 Å². The second-order valence-corrected chi connectivity index (χ2v) is 6.03. The highest BCUT2D eigenvalue weighted by Gasteiger charge is 2.46. The Hall–Kier alpha value is -2.86. The average molecular weight is 325 g/mol. The molecule has 0 saturated heterocycles. The lowest BCUT2D eigenvalue weighted by Gasteiger charge is -2.20. The minimum Gasteiger partial charge on any atom is -0.454 e. The normalized spacial score (nSPS) is 20.7. The second-order valence-electron chi connectivity index (χ2n) is 6.03. The summed E-state index contributed by atoms with van der Waals surface area (Å²) >= 11 is 0. The van der Waals surface area contributed by atoms with Crippen molar-refractivity contribution in [2.45, 2.75) is 18.9 Å². The maximum absolute atomic E-state index is 12.6. The Morgan fingerprint density at radius 3 is 2.83 bits per heavy atom. The van der Waals surface area contributed by atoms with Gasteiger partial charge in [0.15, 0.2) is 22.9 Å². The number of nitrogens with one attached hydrogen (secondary N) is 1. The smallest absolute Gasteiger partial charge is 0.261 e. The molecule has 2 N–H and O–H groups in total. The number of hydrogen-bond acceptors (Lipinski definition) is 5. The third-order valence-electron chi connectivity index (χ3n) is 4.36. The first-order valence-corrected chi connectivity index (χ1v) is 7.55. The molecule has 0 fully saturated rings. The lowest BCUT2D eigenvalue weighted by Crippen LogP contribution is -2.36. The Morgan fingerprint density at radius 1 is 1.21 bits per heavy atom. The summed E-state index contributed by atoms with van der Waals surface area (Å²) in [5, 5.41) is 13.5. The molecule has 2 heterocycles. The van der Waals surface area contributed by atoms with Gasteiger partial charge in [0.25, 0.3) is 5.91 Å². The highest BCUT2D eigenvalue weighted by Crippen LogP contribution is 2.40. The SMILES string of the molecule is Cc1ccc2c(c1)[C@@](O)(CC(=O)c1ccc3c(c1)OCO3)C(=O)N2. The zero-order chi connectivity index (χ0) is 16.9. The number of anilines is 1. The molecule has 4 rings (SSSR count). The van der Waals surface area contributed by atoms with Crippen LogP contribution in [0.2, 0.25) is 0 Å². The van der Waals surface area contributed by atoms with Gasteiger partial charge in [-0.3, -0.25) is 9.59 Å². The number of ether oxygens (including phenoxy) is 2. The molecule has 0 spiro atoms. The lowest BCUT2D eigenvalue weighted by molar-refractivity contribution is -0.133. The van der Waals surface area contributed by atoms with Crippen LogP contribution in [-0.4, -0.2) is 23.6 Å². The quantitative estimate of drug-likeness (QED) is 0.845. The average Bonchev–Trinajstić information content (AvgIpc) is 3.11. The number of amides is 1. The molecule has 2 aliphatic heterocycles. The molecule has 24 heavy (non-hydrogen) atoms. The van der Waals surface area contributed by atoms with Crippen molar-refractivity contribution in [3.8, 4) is 11.5 Å². The molecule has 1 amide bonds. The van der Waals surface area contributed by atoms with Gasteiger partial charge in [0.2, 0.25) is 6.79 Å². The van der Waals surface area contributed by atoms with E-state index in [4.69, 9.17) is 9.47 Å². The van der Waals surface area contributed by atoms with Crippen LogP contribution in [0.15, 0.2) is 36.4 Å². The predicted octanol–water partition coefficient (Wildman–Crippen LogP) is 2.14. The van der Waals surface area contributed by atoms with Crippen molar-refractivity contribution >= 4 is 17.4 Å². The fraction of sp³-hybridized carbons (Fsp3) is 0.222. The summed E-state index contributed by atoms with van der Waals surface area (Å²) in [5.41, 5.74) is 0.364. The monoisotopic (exact) mass is 325 g/mol. The van der Waals surface area contributed by atoms with Crippen molar-refractivity contribution in [2.75, 3.05) is 12.1 Å². The number of rotatable bonds is 3. The minimum atomic E-state index is -1.87. The van der Waals surface area contributed by atoms with Crippen LogP contribution in [0.5, 0.6) is 11.5 Å². The van der Waals surface area contributed by atoms with E-state index in [1.807, 2.05) is 13.0 Å². The van der Waals surface area contributed by atoms with Crippen LogP contribution in [0.1, 0.15) is 27.9 Å². The van der Waals surface area contributed by atoms with Crippen LogP contribution in [0, 0.1) is 6.92 Å². The second kappa shape index (κ2) is 5.07. The summed E-state index contributed by atoms with van der Waals surface area (Å²) in [6.07, 6.45) is -0.338. The number of carbonyl (C=O) groups is 2. The van der Waals surface area contributed by atoms with E-state index in [0.717, 1.165) is 5.56 Å². The van der Waals surface area contributed by atoms with E-state index < -0.39 is 11.5 Å². The van der Waals surface area contributed by atoms with Gasteiger partial charge >= 0.3 is 0 Å². The van der Waals surface area contributed by atoms with Crippen molar-refractivity contribution in [1.82, 2.24) is 0 Å². The van der Waals surface area contributed by atoms with E-state index >= 15 is 0 Å². The van der Waals surface area contributed by atoms with Crippen molar-refractivity contribution in [3.05, 3.63) is 53.1 Å². The number of carbonyl (C=O) groups excluding carboxylic acids is 2. The number of aliphatic hydroxyl groups is 1. The van der Waals surface area contributed by atoms with Crippen molar-refractivity contribution in [3.63, 3.8) is 0 Å². The molecule has 0 bridgehead atoms. The third kappa shape index (κ3) is 2.15. The number of hydrogen-bond donors (Lipinski definition) is 2. The van der Waals surface area contributed by atoms with Gasteiger partial charge in [-0.25, -0.2) is 0 Å². The van der Waals surface area contributed by atoms with Gasteiger partial charge in [-0.15, -0.1) is 0 Å². The molecule has 2 aliphatic rings. The summed E-state index contributed by atoms with van der Waals surface area (Å²) in [6.45, 7) is 1.98. The highest BCUT2D eigenvalue weighted by molar-refractivity contribution is 6.09. The molecule has 2 aromatic rings. The fourth-order valence-corrected chi connectivity index (χ4v) is 3.04. The number of ketones is 1. The molecule has 0 saturated carbocycles. The van der Waals surface area contributed by atoms with Crippen molar-refractivity contribution in [1.29, 1.82) is 0 Å². The Balaban J connectivity index is 1.66. The molecule has 2 aromatic carbocycles. The van der Waals surface area contributed by atoms with Crippen LogP contribution >= 0.6 is 0 Å². The molecule has 122 valence electrons. The predicted molar refractivity (Wildman–Crippen MR) is 85.2 cm³/mol. The van der Waals surface area contributed by atoms with Gasteiger partial charge in [-0.1, -0.05) is 17.7 Å². The van der Waals surface area contributed by atoms with Gasteiger partial charge in [0.1, 0.15) is 0 Å². The summed E-state index contributed by atoms with van der Waals surface area (Å²) in [4.78, 5) is 24.9. The molecule has 1 atom stereocenters.